The van der Waals surface area contributed by atoms with Crippen molar-refractivity contribution in [2.24, 2.45) is 5.41 Å². The first kappa shape index (κ1) is 22.5. The molecule has 1 aromatic rings. The second-order valence-electron chi connectivity index (χ2n) is 10.1. The highest BCUT2D eigenvalue weighted by Gasteiger charge is 2.54. The predicted octanol–water partition coefficient (Wildman–Crippen LogP) is 2.81. The second kappa shape index (κ2) is 7.35. The molecule has 33 heavy (non-hydrogen) atoms. The van der Waals surface area contributed by atoms with Crippen molar-refractivity contribution in [3.63, 3.8) is 0 Å². The number of hydrogen-bond donors (Lipinski definition) is 1. The molecule has 4 aliphatic rings. The number of rotatable bonds is 2. The van der Waals surface area contributed by atoms with Crippen LogP contribution in [0.1, 0.15) is 44.1 Å². The van der Waals surface area contributed by atoms with Gasteiger partial charge in [0.1, 0.15) is 0 Å². The highest BCUT2D eigenvalue weighted by molar-refractivity contribution is 7.92. The number of nitrogens with zero attached hydrogens (tertiary/aromatic N) is 2. The number of hydrogen-bond acceptors (Lipinski definition) is 4. The van der Waals surface area contributed by atoms with Crippen molar-refractivity contribution >= 4 is 21.8 Å². The molecular formula is C22H26F3N3O4S. The van der Waals surface area contributed by atoms with E-state index in [1.54, 1.807) is 9.80 Å². The van der Waals surface area contributed by atoms with Gasteiger partial charge in [0, 0.05) is 38.0 Å². The van der Waals surface area contributed by atoms with Gasteiger partial charge in [0.25, 0.3) is 0 Å². The van der Waals surface area contributed by atoms with Crippen LogP contribution in [0.5, 0.6) is 0 Å². The molecule has 0 aromatic heterocycles. The van der Waals surface area contributed by atoms with Crippen LogP contribution in [-0.2, 0) is 20.8 Å². The van der Waals surface area contributed by atoms with Gasteiger partial charge in [0.2, 0.25) is 5.91 Å². The van der Waals surface area contributed by atoms with Crippen LogP contribution in [0.25, 0.3) is 0 Å². The second-order valence-corrected chi connectivity index (χ2v) is 12.3. The Morgan fingerprint density at radius 2 is 1.55 bits per heavy atom. The van der Waals surface area contributed by atoms with E-state index < -0.39 is 26.8 Å². The maximum atomic E-state index is 12.9. The van der Waals surface area contributed by atoms with E-state index >= 15 is 0 Å². The van der Waals surface area contributed by atoms with Gasteiger partial charge >= 0.3 is 12.2 Å². The molecule has 4 fully saturated rings. The minimum Gasteiger partial charge on any atom is -0.347 e. The molecule has 0 unspecified atom stereocenters. The molecule has 0 atom stereocenters. The van der Waals surface area contributed by atoms with Crippen molar-refractivity contribution in [3.8, 4) is 0 Å². The molecule has 2 spiro atoms. The van der Waals surface area contributed by atoms with E-state index in [4.69, 9.17) is 0 Å². The quantitative estimate of drug-likeness (QED) is 0.698. The van der Waals surface area contributed by atoms with E-state index in [9.17, 15) is 31.2 Å². The number of carbonyl (C=O) groups excluding carboxylic acids is 2. The smallest absolute Gasteiger partial charge is 0.347 e. The molecule has 0 bridgehead atoms. The Balaban J connectivity index is 1.13. The van der Waals surface area contributed by atoms with Crippen LogP contribution in [0.2, 0.25) is 0 Å². The molecule has 1 aromatic carbocycles. The minimum atomic E-state index is -4.51. The highest BCUT2D eigenvalue weighted by Crippen LogP contribution is 2.47. The lowest BCUT2D eigenvalue weighted by Gasteiger charge is -2.56. The summed E-state index contributed by atoms with van der Waals surface area (Å²) in [7, 11) is -3.70. The fourth-order valence-electron chi connectivity index (χ4n) is 5.79. The van der Waals surface area contributed by atoms with Crippen LogP contribution in [-0.4, -0.2) is 67.1 Å². The molecular weight excluding hydrogens is 459 g/mol. The molecule has 5 rings (SSSR count). The third-order valence-corrected chi connectivity index (χ3v) is 10.0. The lowest BCUT2D eigenvalue weighted by molar-refractivity contribution is -0.137. The zero-order valence-corrected chi connectivity index (χ0v) is 18.8. The summed E-state index contributed by atoms with van der Waals surface area (Å²) in [6.45, 7) is 2.26. The molecule has 3 amide bonds. The van der Waals surface area contributed by atoms with Gasteiger partial charge < -0.3 is 15.1 Å². The standard InChI is InChI=1S/C22H26F3N3O4S/c23-22(24,25)15-1-3-16(4-2-15)33(31,32)17-5-8-20(9-6-17)11-27(12-20)19(30)28-13-21(14-28)10-7-18(29)26-21/h1-4,17H,5-14H2,(H,26,29). The lowest BCUT2D eigenvalue weighted by atomic mass is 9.68. The monoisotopic (exact) mass is 485 g/mol. The molecule has 1 N–H and O–H groups in total. The van der Waals surface area contributed by atoms with Gasteiger partial charge in [-0.2, -0.15) is 13.2 Å². The Bertz CT molecular complexity index is 1070. The zero-order valence-electron chi connectivity index (χ0n) is 18.0. The minimum absolute atomic E-state index is 0.0352. The number of urea groups is 1. The summed E-state index contributed by atoms with van der Waals surface area (Å²) in [6, 6.07) is 3.66. The Morgan fingerprint density at radius 1 is 0.970 bits per heavy atom. The largest absolute Gasteiger partial charge is 0.416 e. The van der Waals surface area contributed by atoms with Gasteiger partial charge in [0.15, 0.2) is 9.84 Å². The summed E-state index contributed by atoms with van der Waals surface area (Å²) in [6.07, 6.45) is -1.04. The van der Waals surface area contributed by atoms with Gasteiger partial charge in [-0.1, -0.05) is 0 Å². The number of halogens is 3. The number of carbonyl (C=O) groups is 2. The summed E-state index contributed by atoms with van der Waals surface area (Å²) in [5.74, 6) is 0.0352. The number of likely N-dealkylation sites (tertiary alicyclic amines) is 2. The first-order chi connectivity index (χ1) is 15.4. The molecule has 180 valence electrons. The van der Waals surface area contributed by atoms with E-state index in [1.165, 1.54) is 0 Å². The van der Waals surface area contributed by atoms with Crippen LogP contribution >= 0.6 is 0 Å². The average Bonchev–Trinajstić information content (AvgIpc) is 3.12. The average molecular weight is 486 g/mol. The number of alkyl halides is 3. The Labute approximate surface area is 190 Å². The van der Waals surface area contributed by atoms with Crippen LogP contribution in [0, 0.1) is 5.41 Å². The molecule has 1 saturated carbocycles. The fourth-order valence-corrected chi connectivity index (χ4v) is 7.54. The van der Waals surface area contributed by atoms with E-state index in [-0.39, 0.29) is 27.8 Å². The molecule has 0 radical (unpaired) electrons. The summed E-state index contributed by atoms with van der Waals surface area (Å²) in [5.41, 5.74) is -1.20. The number of amides is 3. The van der Waals surface area contributed by atoms with E-state index in [1.807, 2.05) is 0 Å². The molecule has 3 saturated heterocycles. The highest BCUT2D eigenvalue weighted by atomic mass is 32.2. The molecule has 3 aliphatic heterocycles. The normalized spacial score (nSPS) is 24.5. The maximum Gasteiger partial charge on any atom is 0.416 e. The lowest BCUT2D eigenvalue weighted by Crippen LogP contribution is -2.72. The van der Waals surface area contributed by atoms with Crippen molar-refractivity contribution in [1.29, 1.82) is 0 Å². The van der Waals surface area contributed by atoms with Crippen LogP contribution in [0.3, 0.4) is 0 Å². The molecule has 1 aliphatic carbocycles. The summed E-state index contributed by atoms with van der Waals surface area (Å²) in [5, 5.41) is 2.34. The Hall–Kier alpha value is -2.30. The topological polar surface area (TPSA) is 86.8 Å². The fraction of sp³-hybridized carbons (Fsp3) is 0.636. The molecule has 11 heteroatoms. The van der Waals surface area contributed by atoms with Gasteiger partial charge in [-0.15, -0.1) is 0 Å². The van der Waals surface area contributed by atoms with Crippen molar-refractivity contribution in [1.82, 2.24) is 15.1 Å². The van der Waals surface area contributed by atoms with Crippen molar-refractivity contribution in [2.45, 2.75) is 60.4 Å². The number of sulfone groups is 1. The van der Waals surface area contributed by atoms with Crippen LogP contribution < -0.4 is 5.32 Å². The van der Waals surface area contributed by atoms with Crippen molar-refractivity contribution in [3.05, 3.63) is 29.8 Å². The van der Waals surface area contributed by atoms with Gasteiger partial charge in [-0.25, -0.2) is 13.2 Å². The zero-order chi connectivity index (χ0) is 23.6. The van der Waals surface area contributed by atoms with Gasteiger partial charge in [-0.3, -0.25) is 4.79 Å². The van der Waals surface area contributed by atoms with Crippen molar-refractivity contribution < 1.29 is 31.2 Å². The summed E-state index contributed by atoms with van der Waals surface area (Å²) < 4.78 is 64.2. The van der Waals surface area contributed by atoms with E-state index in [0.29, 0.717) is 58.3 Å². The Kier molecular flexibility index (Phi) is 5.01. The van der Waals surface area contributed by atoms with Gasteiger partial charge in [-0.05, 0) is 56.4 Å². The third-order valence-electron chi connectivity index (χ3n) is 7.76. The first-order valence-corrected chi connectivity index (χ1v) is 12.7. The third kappa shape index (κ3) is 3.87. The number of benzene rings is 1. The van der Waals surface area contributed by atoms with E-state index in [2.05, 4.69) is 5.32 Å². The molecule has 7 nitrogen and oxygen atoms in total. The van der Waals surface area contributed by atoms with E-state index in [0.717, 1.165) is 30.7 Å². The first-order valence-electron chi connectivity index (χ1n) is 11.2. The number of nitrogens with one attached hydrogen (secondary N) is 1. The SMILES string of the molecule is O=C1CCC2(CN(C(=O)N3CC4(CCC(S(=O)(=O)c5ccc(C(F)(F)F)cc5)CC4)C3)C2)N1. The molecule has 3 heterocycles. The summed E-state index contributed by atoms with van der Waals surface area (Å²) in [4.78, 5) is 27.6. The summed E-state index contributed by atoms with van der Waals surface area (Å²) >= 11 is 0. The predicted molar refractivity (Wildman–Crippen MR) is 112 cm³/mol. The van der Waals surface area contributed by atoms with Gasteiger partial charge in [0.05, 0.1) is 21.2 Å². The van der Waals surface area contributed by atoms with Crippen LogP contribution in [0.4, 0.5) is 18.0 Å². The Morgan fingerprint density at radius 3 is 2.06 bits per heavy atom. The van der Waals surface area contributed by atoms with Crippen LogP contribution in [0.15, 0.2) is 29.2 Å². The maximum absolute atomic E-state index is 12.9. The van der Waals surface area contributed by atoms with Crippen molar-refractivity contribution in [2.75, 3.05) is 26.2 Å².